The predicted octanol–water partition coefficient (Wildman–Crippen LogP) is 4.95. The number of benzodiazepines with no additional fused rings is 1. The molecular weight excluding hydrogens is 444 g/mol. The van der Waals surface area contributed by atoms with Crippen molar-refractivity contribution in [3.8, 4) is 22.6 Å². The highest BCUT2D eigenvalue weighted by atomic mass is 79.9. The Kier molecular flexibility index (Phi) is 5.59. The number of fused-ring (bicyclic) bond motifs is 1. The lowest BCUT2D eigenvalue weighted by molar-refractivity contribution is -0.116. The summed E-state index contributed by atoms with van der Waals surface area (Å²) in [4.78, 5) is 19.0. The molecule has 0 spiro atoms. The lowest BCUT2D eigenvalue weighted by Gasteiger charge is -2.24. The van der Waals surface area contributed by atoms with Gasteiger partial charge in [0.15, 0.2) is 0 Å². The average molecular weight is 465 g/mol. The van der Waals surface area contributed by atoms with Crippen LogP contribution >= 0.6 is 15.9 Å². The van der Waals surface area contributed by atoms with E-state index in [-0.39, 0.29) is 12.5 Å². The third-order valence-electron chi connectivity index (χ3n) is 5.15. The Balaban J connectivity index is 2.10. The van der Waals surface area contributed by atoms with Gasteiger partial charge in [0.1, 0.15) is 18.0 Å². The van der Waals surface area contributed by atoms with E-state index >= 15 is 0 Å². The second-order valence-electron chi connectivity index (χ2n) is 6.88. The van der Waals surface area contributed by atoms with Crippen LogP contribution in [-0.4, -0.2) is 39.4 Å². The van der Waals surface area contributed by atoms with Gasteiger partial charge in [-0.2, -0.15) is 0 Å². The number of hydrogen-bond acceptors (Lipinski definition) is 4. The Labute approximate surface area is 184 Å². The summed E-state index contributed by atoms with van der Waals surface area (Å²) in [6.45, 7) is 0.0547. The van der Waals surface area contributed by atoms with Crippen molar-refractivity contribution < 1.29 is 14.3 Å². The predicted molar refractivity (Wildman–Crippen MR) is 123 cm³/mol. The van der Waals surface area contributed by atoms with Crippen molar-refractivity contribution in [2.75, 3.05) is 32.7 Å². The monoisotopic (exact) mass is 464 g/mol. The molecule has 0 radical (unpaired) electrons. The van der Waals surface area contributed by atoms with Gasteiger partial charge < -0.3 is 14.4 Å². The summed E-state index contributed by atoms with van der Waals surface area (Å²) in [6.07, 6.45) is 0. The highest BCUT2D eigenvalue weighted by Gasteiger charge is 2.30. The van der Waals surface area contributed by atoms with Gasteiger partial charge in [-0.25, -0.2) is 0 Å². The molecule has 30 heavy (non-hydrogen) atoms. The molecule has 0 atom stereocenters. The first-order valence-corrected chi connectivity index (χ1v) is 10.3. The minimum Gasteiger partial charge on any atom is -0.496 e. The zero-order chi connectivity index (χ0) is 21.3. The van der Waals surface area contributed by atoms with Gasteiger partial charge in [0.2, 0.25) is 5.91 Å². The lowest BCUT2D eigenvalue weighted by atomic mass is 9.93. The molecule has 0 aromatic heterocycles. The van der Waals surface area contributed by atoms with Crippen molar-refractivity contribution in [3.63, 3.8) is 0 Å². The topological polar surface area (TPSA) is 51.1 Å². The molecule has 4 rings (SSSR count). The van der Waals surface area contributed by atoms with Crippen molar-refractivity contribution in [1.82, 2.24) is 0 Å². The number of rotatable bonds is 4. The van der Waals surface area contributed by atoms with Crippen molar-refractivity contribution in [2.24, 2.45) is 4.99 Å². The minimum atomic E-state index is -0.0992. The van der Waals surface area contributed by atoms with Gasteiger partial charge in [-0.1, -0.05) is 58.4 Å². The van der Waals surface area contributed by atoms with Crippen LogP contribution in [0.2, 0.25) is 0 Å². The molecule has 0 unspecified atom stereocenters. The van der Waals surface area contributed by atoms with E-state index in [2.05, 4.69) is 15.9 Å². The maximum atomic E-state index is 12.7. The highest BCUT2D eigenvalue weighted by Crippen LogP contribution is 2.47. The van der Waals surface area contributed by atoms with Crippen LogP contribution in [0.1, 0.15) is 11.1 Å². The van der Waals surface area contributed by atoms with E-state index < -0.39 is 0 Å². The third-order valence-corrected chi connectivity index (χ3v) is 5.65. The maximum Gasteiger partial charge on any atom is 0.248 e. The van der Waals surface area contributed by atoms with E-state index in [4.69, 9.17) is 14.5 Å². The highest BCUT2D eigenvalue weighted by molar-refractivity contribution is 9.10. The van der Waals surface area contributed by atoms with E-state index in [9.17, 15) is 4.79 Å². The third kappa shape index (κ3) is 3.48. The number of likely N-dealkylation sites (N-methyl/N-ethyl adjacent to an activating group) is 1. The summed E-state index contributed by atoms with van der Waals surface area (Å²) in [5.41, 5.74) is 4.86. The van der Waals surface area contributed by atoms with Crippen molar-refractivity contribution in [2.45, 2.75) is 0 Å². The van der Waals surface area contributed by atoms with Gasteiger partial charge in [0.05, 0.1) is 36.7 Å². The molecule has 152 valence electrons. The lowest BCUT2D eigenvalue weighted by Crippen LogP contribution is -2.28. The number of ether oxygens (including phenoxy) is 2. The van der Waals surface area contributed by atoms with Crippen molar-refractivity contribution >= 4 is 33.2 Å². The summed E-state index contributed by atoms with van der Waals surface area (Å²) in [6, 6.07) is 19.7. The van der Waals surface area contributed by atoms with Gasteiger partial charge in [-0.15, -0.1) is 0 Å². The Bertz CT molecular complexity index is 1140. The molecule has 0 aliphatic carbocycles. The van der Waals surface area contributed by atoms with Crippen LogP contribution in [0.15, 0.2) is 70.1 Å². The number of anilines is 1. The molecule has 0 saturated heterocycles. The first kappa shape index (κ1) is 20.2. The molecule has 1 amide bonds. The molecule has 6 heteroatoms. The number of carbonyl (C=O) groups is 1. The number of nitrogens with zero attached hydrogens (tertiary/aromatic N) is 2. The fraction of sp³-hybridized carbons (Fsp3) is 0.167. The Morgan fingerprint density at radius 3 is 2.33 bits per heavy atom. The summed E-state index contributed by atoms with van der Waals surface area (Å²) < 4.78 is 12.6. The minimum absolute atomic E-state index is 0.0547. The van der Waals surface area contributed by atoms with Crippen LogP contribution in [0.4, 0.5) is 5.69 Å². The maximum absolute atomic E-state index is 12.7. The van der Waals surface area contributed by atoms with Gasteiger partial charge in [0.25, 0.3) is 0 Å². The zero-order valence-corrected chi connectivity index (χ0v) is 18.6. The zero-order valence-electron chi connectivity index (χ0n) is 17.0. The number of amides is 1. The smallest absolute Gasteiger partial charge is 0.248 e. The molecule has 1 heterocycles. The number of methoxy groups -OCH3 is 2. The first-order chi connectivity index (χ1) is 14.5. The Morgan fingerprint density at radius 1 is 0.933 bits per heavy atom. The average Bonchev–Trinajstić information content (AvgIpc) is 2.89. The number of benzene rings is 3. The largest absolute Gasteiger partial charge is 0.496 e. The molecule has 0 saturated carbocycles. The summed E-state index contributed by atoms with van der Waals surface area (Å²) in [5.74, 6) is 1.15. The van der Waals surface area contributed by atoms with E-state index in [0.717, 1.165) is 26.7 Å². The molecule has 0 bridgehead atoms. The molecule has 1 aliphatic heterocycles. The fourth-order valence-corrected chi connectivity index (χ4v) is 4.10. The molecule has 5 nitrogen and oxygen atoms in total. The molecule has 1 aliphatic rings. The number of hydrogen-bond donors (Lipinski definition) is 0. The fourth-order valence-electron chi connectivity index (χ4n) is 3.70. The molecule has 0 N–H and O–H groups in total. The Hall–Kier alpha value is -3.12. The van der Waals surface area contributed by atoms with E-state index in [1.807, 2.05) is 60.7 Å². The van der Waals surface area contributed by atoms with Crippen LogP contribution < -0.4 is 14.4 Å². The number of carbonyl (C=O) groups excluding carboxylic acids is 1. The quantitative estimate of drug-likeness (QED) is 0.548. The normalized spacial score (nSPS) is 13.4. The van der Waals surface area contributed by atoms with Gasteiger partial charge in [-0.3, -0.25) is 9.79 Å². The standard InChI is InChI=1S/C24H21BrN2O3/c1-27-18-13-19(29-2)21(15-8-5-4-6-9-15)24(30-3)22(18)23(26-14-20(27)28)16-10-7-11-17(25)12-16/h4-13H,14H2,1-3H3. The van der Waals surface area contributed by atoms with Gasteiger partial charge in [0, 0.05) is 23.2 Å². The Morgan fingerprint density at radius 2 is 1.67 bits per heavy atom. The van der Waals surface area contributed by atoms with Crippen LogP contribution in [0.25, 0.3) is 11.1 Å². The van der Waals surface area contributed by atoms with E-state index in [0.29, 0.717) is 22.9 Å². The van der Waals surface area contributed by atoms with Gasteiger partial charge in [-0.05, 0) is 17.7 Å². The molecule has 3 aromatic rings. The molecule has 3 aromatic carbocycles. The number of halogens is 1. The molecule has 0 fully saturated rings. The summed E-state index contributed by atoms with van der Waals surface area (Å²) >= 11 is 3.54. The van der Waals surface area contributed by atoms with Gasteiger partial charge >= 0.3 is 0 Å². The molecular formula is C24H21BrN2O3. The van der Waals surface area contributed by atoms with Crippen LogP contribution in [-0.2, 0) is 4.79 Å². The first-order valence-electron chi connectivity index (χ1n) is 9.47. The van der Waals surface area contributed by atoms with Crippen LogP contribution in [0, 0.1) is 0 Å². The second-order valence-corrected chi connectivity index (χ2v) is 7.79. The van der Waals surface area contributed by atoms with Crippen LogP contribution in [0.3, 0.4) is 0 Å². The van der Waals surface area contributed by atoms with Crippen LogP contribution in [0.5, 0.6) is 11.5 Å². The van der Waals surface area contributed by atoms with Crippen molar-refractivity contribution in [3.05, 3.63) is 76.3 Å². The van der Waals surface area contributed by atoms with Crippen molar-refractivity contribution in [1.29, 1.82) is 0 Å². The summed E-state index contributed by atoms with van der Waals surface area (Å²) in [7, 11) is 5.00. The van der Waals surface area contributed by atoms with E-state index in [1.54, 1.807) is 26.2 Å². The second kappa shape index (κ2) is 8.32. The summed E-state index contributed by atoms with van der Waals surface area (Å²) in [5, 5.41) is 0. The SMILES string of the molecule is COc1cc2c(c(OC)c1-c1ccccc1)C(c1cccc(Br)c1)=NCC(=O)N2C. The number of aliphatic imine (C=N–C) groups is 1. The van der Waals surface area contributed by atoms with E-state index in [1.165, 1.54) is 0 Å².